The van der Waals surface area contributed by atoms with E-state index in [0.717, 1.165) is 67.5 Å². The molecular formula is C29H37FN4O2. The number of hydrogen-bond donors (Lipinski definition) is 0. The third-order valence-corrected chi connectivity index (χ3v) is 8.29. The fourth-order valence-electron chi connectivity index (χ4n) is 6.16. The van der Waals surface area contributed by atoms with Gasteiger partial charge in [0.2, 0.25) is 0 Å². The summed E-state index contributed by atoms with van der Waals surface area (Å²) in [5, 5.41) is 0. The number of likely N-dealkylation sites (tertiary alicyclic amines) is 1. The van der Waals surface area contributed by atoms with Crippen LogP contribution in [-0.2, 0) is 13.1 Å². The second-order valence-electron chi connectivity index (χ2n) is 11.1. The molecule has 1 saturated heterocycles. The number of benzene rings is 2. The van der Waals surface area contributed by atoms with E-state index in [4.69, 9.17) is 0 Å². The summed E-state index contributed by atoms with van der Waals surface area (Å²) in [6.07, 6.45) is 3.75. The first-order chi connectivity index (χ1) is 17.2. The maximum atomic E-state index is 13.9. The molecule has 2 aliphatic heterocycles. The van der Waals surface area contributed by atoms with Gasteiger partial charge in [-0.3, -0.25) is 18.8 Å². The van der Waals surface area contributed by atoms with Crippen molar-refractivity contribution >= 4 is 16.9 Å². The number of nitrogens with zero attached hydrogens (tertiary/aromatic N) is 4. The van der Waals surface area contributed by atoms with E-state index < -0.39 is 0 Å². The topological polar surface area (TPSA) is 50.5 Å². The van der Waals surface area contributed by atoms with E-state index in [1.54, 1.807) is 10.6 Å². The van der Waals surface area contributed by atoms with Gasteiger partial charge in [0.15, 0.2) is 0 Å². The summed E-state index contributed by atoms with van der Waals surface area (Å²) in [4.78, 5) is 30.5. The molecule has 2 aliphatic rings. The molecule has 2 aromatic carbocycles. The quantitative estimate of drug-likeness (QED) is 0.460. The van der Waals surface area contributed by atoms with Crippen LogP contribution in [0.25, 0.3) is 11.0 Å². The second-order valence-corrected chi connectivity index (χ2v) is 11.1. The normalized spacial score (nSPS) is 17.4. The van der Waals surface area contributed by atoms with Crippen molar-refractivity contribution in [2.24, 2.45) is 0 Å². The van der Waals surface area contributed by atoms with Crippen LogP contribution in [0.1, 0.15) is 74.0 Å². The van der Waals surface area contributed by atoms with Crippen LogP contribution in [0.4, 0.5) is 4.39 Å². The van der Waals surface area contributed by atoms with Crippen LogP contribution in [0.2, 0.25) is 0 Å². The van der Waals surface area contributed by atoms with E-state index in [-0.39, 0.29) is 29.0 Å². The number of amides is 1. The van der Waals surface area contributed by atoms with Gasteiger partial charge in [-0.25, -0.2) is 9.18 Å². The molecule has 0 saturated carbocycles. The predicted molar refractivity (Wildman–Crippen MR) is 141 cm³/mol. The first kappa shape index (κ1) is 24.8. The van der Waals surface area contributed by atoms with Gasteiger partial charge in [-0.2, -0.15) is 0 Å². The predicted octanol–water partition coefficient (Wildman–Crippen LogP) is 5.12. The highest BCUT2D eigenvalue weighted by molar-refractivity contribution is 5.98. The Morgan fingerprint density at radius 3 is 2.50 bits per heavy atom. The van der Waals surface area contributed by atoms with Crippen molar-refractivity contribution in [2.45, 2.75) is 78.0 Å². The Hall–Kier alpha value is -2.93. The molecule has 1 amide bonds. The Bertz CT molecular complexity index is 1350. The van der Waals surface area contributed by atoms with Gasteiger partial charge in [0.1, 0.15) is 5.82 Å². The molecule has 0 radical (unpaired) electrons. The van der Waals surface area contributed by atoms with Gasteiger partial charge in [-0.15, -0.1) is 0 Å². The summed E-state index contributed by atoms with van der Waals surface area (Å²) >= 11 is 0. The summed E-state index contributed by atoms with van der Waals surface area (Å²) < 4.78 is 17.4. The van der Waals surface area contributed by atoms with E-state index in [1.807, 2.05) is 29.4 Å². The standard InChI is InChI=1S/C29H37FN4O2/c1-5-33-26-18-22(30)9-10-25(26)34(28(33)36)23-11-15-32(16-12-23)29(3,4)13-6-14-31-19-21-8-7-20(2)17-24(21)27(31)35/h7-10,17-18,23H,5-6,11-16,19H2,1-4H3. The Balaban J connectivity index is 1.20. The fraction of sp³-hybridized carbons (Fsp3) is 0.517. The molecule has 0 aliphatic carbocycles. The Morgan fingerprint density at radius 2 is 1.78 bits per heavy atom. The smallest absolute Gasteiger partial charge is 0.329 e. The van der Waals surface area contributed by atoms with Crippen molar-refractivity contribution in [3.05, 3.63) is 69.4 Å². The van der Waals surface area contributed by atoms with Gasteiger partial charge in [0.25, 0.3) is 5.91 Å². The molecule has 1 aromatic heterocycles. The van der Waals surface area contributed by atoms with Gasteiger partial charge in [-0.05, 0) is 83.2 Å². The fourth-order valence-corrected chi connectivity index (χ4v) is 6.16. The number of fused-ring (bicyclic) bond motifs is 2. The molecule has 0 atom stereocenters. The van der Waals surface area contributed by atoms with Crippen molar-refractivity contribution in [1.82, 2.24) is 18.9 Å². The lowest BCUT2D eigenvalue weighted by atomic mass is 9.92. The van der Waals surface area contributed by atoms with Crippen LogP contribution in [0, 0.1) is 12.7 Å². The van der Waals surface area contributed by atoms with Gasteiger partial charge < -0.3 is 4.90 Å². The van der Waals surface area contributed by atoms with Crippen molar-refractivity contribution in [3.63, 3.8) is 0 Å². The van der Waals surface area contributed by atoms with Crippen LogP contribution in [0.5, 0.6) is 0 Å². The minimum absolute atomic E-state index is 0.0166. The number of piperidine rings is 1. The summed E-state index contributed by atoms with van der Waals surface area (Å²) in [5.74, 6) is -0.156. The van der Waals surface area contributed by atoms with E-state index in [0.29, 0.717) is 18.6 Å². The number of aryl methyl sites for hydroxylation is 2. The maximum Gasteiger partial charge on any atom is 0.329 e. The molecule has 3 aromatic rings. The maximum absolute atomic E-state index is 13.9. The van der Waals surface area contributed by atoms with E-state index in [2.05, 4.69) is 30.9 Å². The molecule has 192 valence electrons. The Labute approximate surface area is 212 Å². The highest BCUT2D eigenvalue weighted by Crippen LogP contribution is 2.32. The number of hydrogen-bond acceptors (Lipinski definition) is 3. The molecular weight excluding hydrogens is 455 g/mol. The molecule has 0 spiro atoms. The molecule has 1 fully saturated rings. The molecule has 5 rings (SSSR count). The number of carbonyl (C=O) groups excluding carboxylic acids is 1. The van der Waals surface area contributed by atoms with E-state index in [9.17, 15) is 14.0 Å². The second kappa shape index (κ2) is 9.51. The lowest BCUT2D eigenvalue weighted by Gasteiger charge is -2.43. The number of halogens is 1. The first-order valence-electron chi connectivity index (χ1n) is 13.2. The summed E-state index contributed by atoms with van der Waals surface area (Å²) in [6, 6.07) is 10.9. The van der Waals surface area contributed by atoms with Crippen LogP contribution in [0.15, 0.2) is 41.2 Å². The van der Waals surface area contributed by atoms with Gasteiger partial charge in [0, 0.05) is 49.9 Å². The highest BCUT2D eigenvalue weighted by Gasteiger charge is 2.33. The van der Waals surface area contributed by atoms with Crippen LogP contribution >= 0.6 is 0 Å². The van der Waals surface area contributed by atoms with Crippen LogP contribution in [0.3, 0.4) is 0 Å². The van der Waals surface area contributed by atoms with E-state index >= 15 is 0 Å². The highest BCUT2D eigenvalue weighted by atomic mass is 19.1. The molecule has 6 nitrogen and oxygen atoms in total. The average Bonchev–Trinajstić information content (AvgIpc) is 3.31. The van der Waals surface area contributed by atoms with Crippen molar-refractivity contribution in [1.29, 1.82) is 0 Å². The molecule has 3 heterocycles. The zero-order valence-electron chi connectivity index (χ0n) is 21.9. The van der Waals surface area contributed by atoms with Crippen molar-refractivity contribution < 1.29 is 9.18 Å². The van der Waals surface area contributed by atoms with E-state index in [1.165, 1.54) is 12.1 Å². The zero-order chi connectivity index (χ0) is 25.6. The lowest BCUT2D eigenvalue weighted by Crippen LogP contribution is -2.49. The third-order valence-electron chi connectivity index (χ3n) is 8.29. The molecule has 7 heteroatoms. The minimum atomic E-state index is -0.312. The monoisotopic (exact) mass is 492 g/mol. The Morgan fingerprint density at radius 1 is 1.03 bits per heavy atom. The summed E-state index contributed by atoms with van der Waals surface area (Å²) in [5.41, 5.74) is 4.60. The number of aromatic nitrogens is 2. The Kier molecular flexibility index (Phi) is 6.54. The first-order valence-corrected chi connectivity index (χ1v) is 13.2. The molecule has 36 heavy (non-hydrogen) atoms. The SMILES string of the molecule is CCn1c(=O)n(C2CCN(C(C)(C)CCCN3Cc4ccc(C)cc4C3=O)CC2)c2ccc(F)cc21. The average molecular weight is 493 g/mol. The zero-order valence-corrected chi connectivity index (χ0v) is 21.9. The number of carbonyl (C=O) groups is 1. The lowest BCUT2D eigenvalue weighted by molar-refractivity contribution is 0.0625. The largest absolute Gasteiger partial charge is 0.334 e. The van der Waals surface area contributed by atoms with Gasteiger partial charge in [0.05, 0.1) is 11.0 Å². The molecule has 0 N–H and O–H groups in total. The summed E-state index contributed by atoms with van der Waals surface area (Å²) in [7, 11) is 0. The minimum Gasteiger partial charge on any atom is -0.334 e. The van der Waals surface area contributed by atoms with Crippen LogP contribution in [-0.4, -0.2) is 50.0 Å². The van der Waals surface area contributed by atoms with Gasteiger partial charge >= 0.3 is 5.69 Å². The summed E-state index contributed by atoms with van der Waals surface area (Å²) in [6.45, 7) is 12.4. The van der Waals surface area contributed by atoms with Crippen molar-refractivity contribution in [3.8, 4) is 0 Å². The van der Waals surface area contributed by atoms with Gasteiger partial charge in [-0.1, -0.05) is 17.7 Å². The number of rotatable bonds is 7. The van der Waals surface area contributed by atoms with Crippen molar-refractivity contribution in [2.75, 3.05) is 19.6 Å². The number of imidazole rings is 1. The molecule has 0 unspecified atom stereocenters. The third kappa shape index (κ3) is 4.38. The molecule has 0 bridgehead atoms. The van der Waals surface area contributed by atoms with Crippen LogP contribution < -0.4 is 5.69 Å².